The van der Waals surface area contributed by atoms with E-state index < -0.39 is 0 Å². The average Bonchev–Trinajstić information content (AvgIpc) is 2.88. The molecule has 0 amide bonds. The minimum Gasteiger partial charge on any atom is -0.313 e. The summed E-state index contributed by atoms with van der Waals surface area (Å²) in [5, 5.41) is 21.7. The maximum atomic E-state index is 9.14. The third kappa shape index (κ3) is 2.37. The molecule has 2 rings (SSSR count). The Morgan fingerprint density at radius 2 is 2.10 bits per heavy atom. The molecular formula is C14H12ClN5. The zero-order chi connectivity index (χ0) is 14.7. The molecule has 0 fully saturated rings. The van der Waals surface area contributed by atoms with E-state index in [9.17, 15) is 0 Å². The van der Waals surface area contributed by atoms with Gasteiger partial charge in [-0.05, 0) is 31.7 Å². The van der Waals surface area contributed by atoms with E-state index in [2.05, 4.69) is 10.3 Å². The van der Waals surface area contributed by atoms with E-state index in [0.29, 0.717) is 10.7 Å². The van der Waals surface area contributed by atoms with Gasteiger partial charge in [0.2, 0.25) is 0 Å². The summed E-state index contributed by atoms with van der Waals surface area (Å²) in [5.41, 5.74) is 1.95. The first kappa shape index (κ1) is 14.1. The lowest BCUT2D eigenvalue weighted by Crippen LogP contribution is -2.12. The smallest absolute Gasteiger partial charge is 0.177 e. The summed E-state index contributed by atoms with van der Waals surface area (Å²) < 4.78 is 1.52. The van der Waals surface area contributed by atoms with Gasteiger partial charge >= 0.3 is 0 Å². The van der Waals surface area contributed by atoms with Crippen LogP contribution < -0.4 is 5.32 Å². The number of rotatable bonds is 3. The second-order valence-corrected chi connectivity index (χ2v) is 4.66. The number of hydrogen-bond donors (Lipinski definition) is 1. The highest BCUT2D eigenvalue weighted by Gasteiger charge is 2.14. The molecule has 1 atom stereocenters. The largest absolute Gasteiger partial charge is 0.313 e. The lowest BCUT2D eigenvalue weighted by atomic mass is 10.1. The van der Waals surface area contributed by atoms with Crippen LogP contribution in [0.4, 0.5) is 0 Å². The highest BCUT2D eigenvalue weighted by Crippen LogP contribution is 2.26. The average molecular weight is 286 g/mol. The Hall–Kier alpha value is -2.34. The quantitative estimate of drug-likeness (QED) is 0.940. The van der Waals surface area contributed by atoms with Crippen molar-refractivity contribution in [2.45, 2.75) is 13.0 Å². The molecule has 1 heterocycles. The lowest BCUT2D eigenvalue weighted by molar-refractivity contribution is 0.652. The maximum absolute atomic E-state index is 9.14. The summed E-state index contributed by atoms with van der Waals surface area (Å²) in [7, 11) is 1.87. The Morgan fingerprint density at radius 3 is 2.65 bits per heavy atom. The molecule has 20 heavy (non-hydrogen) atoms. The summed E-state index contributed by atoms with van der Waals surface area (Å²) >= 11 is 6.28. The molecule has 5 nitrogen and oxygen atoms in total. The van der Waals surface area contributed by atoms with Gasteiger partial charge in [-0.3, -0.25) is 4.57 Å². The minimum atomic E-state index is 0.0937. The van der Waals surface area contributed by atoms with Crippen LogP contribution in [0.1, 0.15) is 29.9 Å². The molecule has 0 aliphatic rings. The van der Waals surface area contributed by atoms with Crippen LogP contribution in [0.2, 0.25) is 5.02 Å². The monoisotopic (exact) mass is 285 g/mol. The van der Waals surface area contributed by atoms with Crippen LogP contribution in [0.3, 0.4) is 0 Å². The molecule has 6 heteroatoms. The van der Waals surface area contributed by atoms with Crippen molar-refractivity contribution in [2.75, 3.05) is 7.05 Å². The number of nitrogens with one attached hydrogen (secondary N) is 1. The van der Waals surface area contributed by atoms with Crippen LogP contribution in [-0.4, -0.2) is 16.6 Å². The van der Waals surface area contributed by atoms with Crippen molar-refractivity contribution in [1.82, 2.24) is 14.9 Å². The third-order valence-corrected chi connectivity index (χ3v) is 3.45. The third-order valence-electron chi connectivity index (χ3n) is 3.14. The number of benzene rings is 1. The van der Waals surface area contributed by atoms with Crippen LogP contribution in [0.25, 0.3) is 5.69 Å². The van der Waals surface area contributed by atoms with E-state index in [0.717, 1.165) is 5.56 Å². The minimum absolute atomic E-state index is 0.0937. The Kier molecular flexibility index (Phi) is 4.05. The fourth-order valence-electron chi connectivity index (χ4n) is 1.87. The molecule has 0 aliphatic carbocycles. The van der Waals surface area contributed by atoms with Crippen LogP contribution in [0.5, 0.6) is 0 Å². The van der Waals surface area contributed by atoms with E-state index in [1.165, 1.54) is 10.9 Å². The van der Waals surface area contributed by atoms with Gasteiger partial charge in [0, 0.05) is 6.04 Å². The predicted molar refractivity (Wildman–Crippen MR) is 75.5 cm³/mol. The lowest BCUT2D eigenvalue weighted by Gasteiger charge is -2.13. The summed E-state index contributed by atoms with van der Waals surface area (Å²) in [4.78, 5) is 3.91. The predicted octanol–water partition coefficient (Wildman–Crippen LogP) is 2.55. The molecule has 100 valence electrons. The van der Waals surface area contributed by atoms with Crippen LogP contribution in [0, 0.1) is 22.7 Å². The van der Waals surface area contributed by atoms with Gasteiger partial charge < -0.3 is 5.32 Å². The molecule has 1 aromatic carbocycles. The first-order valence-corrected chi connectivity index (χ1v) is 6.34. The summed E-state index contributed by atoms with van der Waals surface area (Å²) in [5.74, 6) is 0. The van der Waals surface area contributed by atoms with E-state index in [-0.39, 0.29) is 17.4 Å². The Bertz CT molecular complexity index is 720. The molecule has 0 saturated heterocycles. The maximum Gasteiger partial charge on any atom is 0.177 e. The summed E-state index contributed by atoms with van der Waals surface area (Å²) in [6.45, 7) is 2.02. The van der Waals surface area contributed by atoms with E-state index >= 15 is 0 Å². The van der Waals surface area contributed by atoms with Gasteiger partial charge in [-0.15, -0.1) is 0 Å². The molecule has 0 spiro atoms. The SMILES string of the molecule is CNC(C)c1ccc(-n2cnc(C#N)c2C#N)c(Cl)c1. The standard InChI is InChI=1S/C14H12ClN5/c1-9(18-2)10-3-4-13(11(15)5-10)20-8-19-12(6-16)14(20)7-17/h3-5,8-9,18H,1-2H3. The Labute approximate surface area is 122 Å². The van der Waals surface area contributed by atoms with Crippen LogP contribution in [0.15, 0.2) is 24.5 Å². The second-order valence-electron chi connectivity index (χ2n) is 4.26. The summed E-state index contributed by atoms with van der Waals surface area (Å²) in [6, 6.07) is 9.62. The molecular weight excluding hydrogens is 274 g/mol. The molecule has 0 bridgehead atoms. The Balaban J connectivity index is 2.53. The fourth-order valence-corrected chi connectivity index (χ4v) is 2.15. The van der Waals surface area contributed by atoms with Crippen molar-refractivity contribution < 1.29 is 0 Å². The van der Waals surface area contributed by atoms with Gasteiger partial charge in [-0.25, -0.2) is 4.98 Å². The molecule has 1 unspecified atom stereocenters. The number of hydrogen-bond acceptors (Lipinski definition) is 4. The van der Waals surface area contributed by atoms with Crippen LogP contribution >= 0.6 is 11.6 Å². The van der Waals surface area contributed by atoms with Gasteiger partial charge in [0.1, 0.15) is 18.5 Å². The number of nitrogens with zero attached hydrogens (tertiary/aromatic N) is 4. The number of halogens is 1. The van der Waals surface area contributed by atoms with E-state index in [1.807, 2.05) is 44.3 Å². The van der Waals surface area contributed by atoms with Crippen molar-refractivity contribution in [3.8, 4) is 17.8 Å². The van der Waals surface area contributed by atoms with Gasteiger partial charge in [-0.2, -0.15) is 10.5 Å². The van der Waals surface area contributed by atoms with E-state index in [1.54, 1.807) is 0 Å². The molecule has 1 N–H and O–H groups in total. The van der Waals surface area contributed by atoms with Crippen LogP contribution in [-0.2, 0) is 0 Å². The van der Waals surface area contributed by atoms with Gasteiger partial charge in [0.05, 0.1) is 10.7 Å². The van der Waals surface area contributed by atoms with E-state index in [4.69, 9.17) is 22.1 Å². The Morgan fingerprint density at radius 1 is 1.35 bits per heavy atom. The highest BCUT2D eigenvalue weighted by atomic mass is 35.5. The van der Waals surface area contributed by atoms with Crippen molar-refractivity contribution in [3.63, 3.8) is 0 Å². The first-order valence-electron chi connectivity index (χ1n) is 5.97. The van der Waals surface area contributed by atoms with Crippen molar-refractivity contribution in [2.24, 2.45) is 0 Å². The topological polar surface area (TPSA) is 77.4 Å². The fraction of sp³-hybridized carbons (Fsp3) is 0.214. The zero-order valence-corrected chi connectivity index (χ0v) is 11.8. The zero-order valence-electron chi connectivity index (χ0n) is 11.1. The number of nitriles is 2. The summed E-state index contributed by atoms with van der Waals surface area (Å²) in [6.07, 6.45) is 1.43. The van der Waals surface area contributed by atoms with Crippen molar-refractivity contribution in [1.29, 1.82) is 10.5 Å². The molecule has 2 aromatic rings. The second kappa shape index (κ2) is 5.75. The number of imidazole rings is 1. The normalized spacial score (nSPS) is 11.7. The molecule has 0 saturated carbocycles. The van der Waals surface area contributed by atoms with Gasteiger partial charge in [-0.1, -0.05) is 17.7 Å². The highest BCUT2D eigenvalue weighted by molar-refractivity contribution is 6.32. The van der Waals surface area contributed by atoms with Crippen molar-refractivity contribution in [3.05, 3.63) is 46.5 Å². The first-order chi connectivity index (χ1) is 9.62. The van der Waals surface area contributed by atoms with Gasteiger partial charge in [0.25, 0.3) is 0 Å². The molecule has 0 radical (unpaired) electrons. The molecule has 0 aliphatic heterocycles. The molecule has 1 aromatic heterocycles. The number of aromatic nitrogens is 2. The van der Waals surface area contributed by atoms with Gasteiger partial charge in [0.15, 0.2) is 11.4 Å². The van der Waals surface area contributed by atoms with Crippen molar-refractivity contribution >= 4 is 11.6 Å².